The third kappa shape index (κ3) is 3.09. The lowest BCUT2D eigenvalue weighted by molar-refractivity contribution is 1.22. The molecule has 1 nitrogen and oxygen atoms in total. The largest absolute Gasteiger partial charge is 0.192 e. The second-order valence-corrected chi connectivity index (χ2v) is 9.70. The first-order valence-corrected chi connectivity index (χ1v) is 12.4. The van der Waals surface area contributed by atoms with Crippen LogP contribution >= 0.6 is 0 Å². The average Bonchev–Trinajstić information content (AvgIpc) is 3.30. The topological polar surface area (TPSA) is 23.8 Å². The van der Waals surface area contributed by atoms with Gasteiger partial charge in [0.05, 0.1) is 11.6 Å². The molecule has 168 valence electrons. The summed E-state index contributed by atoms with van der Waals surface area (Å²) in [4.78, 5) is 0. The lowest BCUT2D eigenvalue weighted by Crippen LogP contribution is -1.92. The summed E-state index contributed by atoms with van der Waals surface area (Å²) >= 11 is 0. The predicted molar refractivity (Wildman–Crippen MR) is 150 cm³/mol. The summed E-state index contributed by atoms with van der Waals surface area (Å²) < 4.78 is 0. The molecule has 0 amide bonds. The first kappa shape index (κ1) is 20.7. The Morgan fingerprint density at radius 1 is 0.611 bits per heavy atom. The molecular formula is C35H23N. The fraction of sp³-hybridized carbons (Fsp3) is 0.0571. The zero-order chi connectivity index (χ0) is 24.2. The Hall–Kier alpha value is -4.67. The highest BCUT2D eigenvalue weighted by atomic mass is 14.3. The van der Waals surface area contributed by atoms with Crippen LogP contribution in [0.5, 0.6) is 0 Å². The summed E-state index contributed by atoms with van der Waals surface area (Å²) in [6, 6.07) is 41.3. The molecule has 0 N–H and O–H groups in total. The molecule has 0 aromatic heterocycles. The number of fused-ring (bicyclic) bond motifs is 5. The van der Waals surface area contributed by atoms with Crippen LogP contribution in [-0.2, 0) is 6.42 Å². The first-order chi connectivity index (χ1) is 17.7. The molecule has 7 rings (SSSR count). The van der Waals surface area contributed by atoms with Gasteiger partial charge in [0, 0.05) is 0 Å². The van der Waals surface area contributed by atoms with Crippen molar-refractivity contribution in [2.75, 3.05) is 0 Å². The molecule has 6 aromatic rings. The first-order valence-electron chi connectivity index (χ1n) is 12.4. The van der Waals surface area contributed by atoms with Crippen molar-refractivity contribution in [3.05, 3.63) is 131 Å². The van der Waals surface area contributed by atoms with Gasteiger partial charge in [-0.2, -0.15) is 5.26 Å². The summed E-state index contributed by atoms with van der Waals surface area (Å²) in [5.41, 5.74) is 12.7. The van der Waals surface area contributed by atoms with Crippen LogP contribution in [0.3, 0.4) is 0 Å². The van der Waals surface area contributed by atoms with E-state index in [0.717, 1.165) is 17.2 Å². The maximum atomic E-state index is 9.23. The van der Waals surface area contributed by atoms with E-state index in [1.165, 1.54) is 60.8 Å². The molecule has 0 heterocycles. The summed E-state index contributed by atoms with van der Waals surface area (Å²) in [6.45, 7) is 2.27. The van der Waals surface area contributed by atoms with Gasteiger partial charge in [-0.25, -0.2) is 0 Å². The maximum Gasteiger partial charge on any atom is 0.0991 e. The molecule has 0 fully saturated rings. The number of benzene rings is 6. The van der Waals surface area contributed by atoms with Crippen molar-refractivity contribution in [1.29, 1.82) is 5.26 Å². The van der Waals surface area contributed by atoms with Gasteiger partial charge in [-0.15, -0.1) is 0 Å². The number of nitrogens with zero attached hydrogens (tertiary/aromatic N) is 1. The van der Waals surface area contributed by atoms with Gasteiger partial charge in [-0.3, -0.25) is 0 Å². The maximum absolute atomic E-state index is 9.23. The van der Waals surface area contributed by atoms with E-state index in [-0.39, 0.29) is 0 Å². The summed E-state index contributed by atoms with van der Waals surface area (Å²) in [5.74, 6) is 0. The van der Waals surface area contributed by atoms with Gasteiger partial charge >= 0.3 is 0 Å². The van der Waals surface area contributed by atoms with Crippen LogP contribution in [0.25, 0.3) is 54.9 Å². The lowest BCUT2D eigenvalue weighted by atomic mass is 9.88. The molecule has 1 heteroatoms. The molecule has 0 unspecified atom stereocenters. The SMILES string of the molecule is Cc1c(-c2ccc3cc(C#N)ccc3c2)ccc2c1Cc1cc3ccccc3c(-c3ccccc3)c1-2. The standard InChI is InChI=1S/C35H23N/c1-22-30(28-14-13-25-17-23(21-36)11-12-26(25)18-28)15-16-32-33(22)20-29-19-27-9-5-6-10-31(27)34(35(29)32)24-7-3-2-4-8-24/h2-19H,20H2,1H3. The predicted octanol–water partition coefficient (Wildman–Crippen LogP) is 9.08. The molecule has 0 saturated carbocycles. The van der Waals surface area contributed by atoms with Crippen LogP contribution in [0, 0.1) is 18.3 Å². The monoisotopic (exact) mass is 457 g/mol. The van der Waals surface area contributed by atoms with Crippen molar-refractivity contribution < 1.29 is 0 Å². The minimum absolute atomic E-state index is 0.698. The van der Waals surface area contributed by atoms with Crippen molar-refractivity contribution in [1.82, 2.24) is 0 Å². The molecule has 0 radical (unpaired) electrons. The van der Waals surface area contributed by atoms with Gasteiger partial charge in [-0.05, 0) is 103 Å². The molecule has 1 aliphatic carbocycles. The molecule has 0 saturated heterocycles. The smallest absolute Gasteiger partial charge is 0.0991 e. The molecule has 0 atom stereocenters. The highest BCUT2D eigenvalue weighted by molar-refractivity contribution is 6.07. The van der Waals surface area contributed by atoms with E-state index in [2.05, 4.69) is 104 Å². The van der Waals surface area contributed by atoms with Gasteiger partial charge < -0.3 is 0 Å². The van der Waals surface area contributed by atoms with Crippen molar-refractivity contribution in [2.24, 2.45) is 0 Å². The van der Waals surface area contributed by atoms with Crippen LogP contribution in [0.4, 0.5) is 0 Å². The van der Waals surface area contributed by atoms with Gasteiger partial charge in [0.25, 0.3) is 0 Å². The number of rotatable bonds is 2. The van der Waals surface area contributed by atoms with Crippen molar-refractivity contribution >= 4 is 21.5 Å². The van der Waals surface area contributed by atoms with E-state index >= 15 is 0 Å². The molecule has 6 aromatic carbocycles. The normalized spacial score (nSPS) is 11.9. The van der Waals surface area contributed by atoms with Gasteiger partial charge in [0.1, 0.15) is 0 Å². The van der Waals surface area contributed by atoms with Gasteiger partial charge in [-0.1, -0.05) is 91.0 Å². The molecule has 1 aliphatic rings. The van der Waals surface area contributed by atoms with Crippen molar-refractivity contribution in [2.45, 2.75) is 13.3 Å². The zero-order valence-corrected chi connectivity index (χ0v) is 20.0. The van der Waals surface area contributed by atoms with Crippen LogP contribution in [-0.4, -0.2) is 0 Å². The van der Waals surface area contributed by atoms with Crippen LogP contribution in [0.15, 0.2) is 109 Å². The molecular weight excluding hydrogens is 434 g/mol. The minimum Gasteiger partial charge on any atom is -0.192 e. The Kier molecular flexibility index (Phi) is 4.56. The van der Waals surface area contributed by atoms with Crippen molar-refractivity contribution in [3.8, 4) is 39.4 Å². The molecule has 36 heavy (non-hydrogen) atoms. The number of nitriles is 1. The highest BCUT2D eigenvalue weighted by Crippen LogP contribution is 2.48. The number of hydrogen-bond donors (Lipinski definition) is 0. The van der Waals surface area contributed by atoms with E-state index in [0.29, 0.717) is 5.56 Å². The van der Waals surface area contributed by atoms with E-state index in [9.17, 15) is 5.26 Å². The van der Waals surface area contributed by atoms with E-state index in [4.69, 9.17) is 0 Å². The Labute approximate surface area is 210 Å². The van der Waals surface area contributed by atoms with Crippen LogP contribution < -0.4 is 0 Å². The number of hydrogen-bond acceptors (Lipinski definition) is 1. The lowest BCUT2D eigenvalue weighted by Gasteiger charge is -2.16. The van der Waals surface area contributed by atoms with E-state index in [1.54, 1.807) is 0 Å². The third-order valence-corrected chi connectivity index (χ3v) is 7.71. The van der Waals surface area contributed by atoms with Crippen LogP contribution in [0.1, 0.15) is 22.3 Å². The fourth-order valence-electron chi connectivity index (χ4n) is 5.96. The average molecular weight is 458 g/mol. The zero-order valence-electron chi connectivity index (χ0n) is 20.0. The van der Waals surface area contributed by atoms with Gasteiger partial charge in [0.15, 0.2) is 0 Å². The van der Waals surface area contributed by atoms with Gasteiger partial charge in [0.2, 0.25) is 0 Å². The Balaban J connectivity index is 1.43. The fourth-order valence-corrected chi connectivity index (χ4v) is 5.96. The molecule has 0 spiro atoms. The second kappa shape index (κ2) is 7.94. The highest BCUT2D eigenvalue weighted by Gasteiger charge is 2.26. The Morgan fingerprint density at radius 3 is 2.22 bits per heavy atom. The van der Waals surface area contributed by atoms with Crippen LogP contribution in [0.2, 0.25) is 0 Å². The quantitative estimate of drug-likeness (QED) is 0.254. The summed E-state index contributed by atoms with van der Waals surface area (Å²) in [7, 11) is 0. The van der Waals surface area contributed by atoms with E-state index < -0.39 is 0 Å². The summed E-state index contributed by atoms with van der Waals surface area (Å²) in [5, 5.41) is 14.1. The Morgan fingerprint density at radius 2 is 1.36 bits per heavy atom. The third-order valence-electron chi connectivity index (χ3n) is 7.71. The van der Waals surface area contributed by atoms with Crippen molar-refractivity contribution in [3.63, 3.8) is 0 Å². The minimum atomic E-state index is 0.698. The molecule has 0 aliphatic heterocycles. The summed E-state index contributed by atoms with van der Waals surface area (Å²) in [6.07, 6.45) is 0.952. The second-order valence-electron chi connectivity index (χ2n) is 9.70. The van der Waals surface area contributed by atoms with E-state index in [1.807, 2.05) is 18.2 Å². The Bertz CT molecular complexity index is 1870. The molecule has 0 bridgehead atoms.